The van der Waals surface area contributed by atoms with E-state index < -0.39 is 0 Å². The molecule has 90 valence electrons. The zero-order valence-electron chi connectivity index (χ0n) is 10.6. The summed E-state index contributed by atoms with van der Waals surface area (Å²) in [5, 5.41) is 6.57. The fourth-order valence-corrected chi connectivity index (χ4v) is 0.951. The number of aliphatic imine (C=N–C) groups is 1. The Balaban J connectivity index is 4.07. The van der Waals surface area contributed by atoms with E-state index >= 15 is 0 Å². The Bertz CT molecular complexity index is 181. The van der Waals surface area contributed by atoms with E-state index in [1.807, 2.05) is 0 Å². The number of ether oxygens (including phenoxy) is 1. The second-order valence-corrected chi connectivity index (χ2v) is 3.93. The Morgan fingerprint density at radius 1 is 1.33 bits per heavy atom. The van der Waals surface area contributed by atoms with Crippen LogP contribution in [0.4, 0.5) is 0 Å². The molecule has 4 nitrogen and oxygen atoms in total. The van der Waals surface area contributed by atoms with Crippen LogP contribution in [0, 0.1) is 5.92 Å². The number of methoxy groups -OCH3 is 1. The summed E-state index contributed by atoms with van der Waals surface area (Å²) < 4.78 is 4.96. The highest BCUT2D eigenvalue weighted by atomic mass is 16.5. The molecule has 0 bridgehead atoms. The van der Waals surface area contributed by atoms with Crippen LogP contribution in [-0.2, 0) is 4.74 Å². The van der Waals surface area contributed by atoms with Crippen LogP contribution in [0.5, 0.6) is 0 Å². The minimum atomic E-state index is 0.422. The van der Waals surface area contributed by atoms with Gasteiger partial charge in [0.1, 0.15) is 0 Å². The van der Waals surface area contributed by atoms with Crippen LogP contribution in [0.25, 0.3) is 0 Å². The molecule has 0 aromatic carbocycles. The van der Waals surface area contributed by atoms with Crippen molar-refractivity contribution in [3.8, 4) is 0 Å². The smallest absolute Gasteiger partial charge is 0.191 e. The molecule has 0 aromatic rings. The van der Waals surface area contributed by atoms with Gasteiger partial charge in [-0.05, 0) is 19.8 Å². The van der Waals surface area contributed by atoms with E-state index in [0.717, 1.165) is 12.5 Å². The normalized spacial score (nSPS) is 14.1. The minimum Gasteiger partial charge on any atom is -0.383 e. The molecule has 15 heavy (non-hydrogen) atoms. The first-order chi connectivity index (χ1) is 7.11. The summed E-state index contributed by atoms with van der Waals surface area (Å²) in [5.74, 6) is 1.46. The zero-order valence-corrected chi connectivity index (χ0v) is 10.6. The maximum Gasteiger partial charge on any atom is 0.191 e. The van der Waals surface area contributed by atoms with Crippen molar-refractivity contribution in [2.24, 2.45) is 10.9 Å². The maximum atomic E-state index is 4.96. The van der Waals surface area contributed by atoms with Crippen LogP contribution in [0.15, 0.2) is 4.99 Å². The van der Waals surface area contributed by atoms with Crippen molar-refractivity contribution in [1.29, 1.82) is 0 Å². The van der Waals surface area contributed by atoms with Crippen molar-refractivity contribution in [2.45, 2.75) is 33.7 Å². The predicted molar refractivity (Wildman–Crippen MR) is 65.3 cm³/mol. The molecule has 0 amide bonds. The third kappa shape index (κ3) is 7.19. The number of nitrogens with zero attached hydrogens (tertiary/aromatic N) is 1. The number of guanidine groups is 1. The van der Waals surface area contributed by atoms with E-state index in [0.29, 0.717) is 25.1 Å². The summed E-state index contributed by atoms with van der Waals surface area (Å²) in [6, 6.07) is 0.422. The highest BCUT2D eigenvalue weighted by Gasteiger charge is 2.08. The summed E-state index contributed by atoms with van der Waals surface area (Å²) >= 11 is 0. The summed E-state index contributed by atoms with van der Waals surface area (Å²) in [5.41, 5.74) is 0. The van der Waals surface area contributed by atoms with E-state index in [1.54, 1.807) is 7.11 Å². The Hall–Kier alpha value is -0.770. The molecule has 0 saturated heterocycles. The van der Waals surface area contributed by atoms with Crippen molar-refractivity contribution in [1.82, 2.24) is 10.6 Å². The molecule has 0 fully saturated rings. The second kappa shape index (κ2) is 8.53. The largest absolute Gasteiger partial charge is 0.383 e. The third-order valence-electron chi connectivity index (χ3n) is 2.27. The Morgan fingerprint density at radius 3 is 2.47 bits per heavy atom. The van der Waals surface area contributed by atoms with Gasteiger partial charge in [-0.2, -0.15) is 0 Å². The van der Waals surface area contributed by atoms with Crippen molar-refractivity contribution in [2.75, 3.05) is 26.8 Å². The standard InChI is InChI=1S/C11H25N3O/c1-6-12-11(13-7-8-15-5)14-10(4)9(2)3/h9-10H,6-8H2,1-5H3,(H2,12,13,14). The van der Waals surface area contributed by atoms with Gasteiger partial charge in [0.25, 0.3) is 0 Å². The summed E-state index contributed by atoms with van der Waals surface area (Å²) in [4.78, 5) is 4.39. The van der Waals surface area contributed by atoms with E-state index in [1.165, 1.54) is 0 Å². The highest BCUT2D eigenvalue weighted by Crippen LogP contribution is 1.98. The van der Waals surface area contributed by atoms with Crippen molar-refractivity contribution < 1.29 is 4.74 Å². The molecule has 1 atom stereocenters. The van der Waals surface area contributed by atoms with E-state index in [9.17, 15) is 0 Å². The number of hydrogen-bond donors (Lipinski definition) is 2. The van der Waals surface area contributed by atoms with Crippen molar-refractivity contribution in [3.63, 3.8) is 0 Å². The lowest BCUT2D eigenvalue weighted by molar-refractivity contribution is 0.208. The molecular formula is C11H25N3O. The van der Waals surface area contributed by atoms with Crippen LogP contribution in [0.3, 0.4) is 0 Å². The van der Waals surface area contributed by atoms with E-state index in [-0.39, 0.29) is 0 Å². The van der Waals surface area contributed by atoms with E-state index in [4.69, 9.17) is 4.74 Å². The predicted octanol–water partition coefficient (Wildman–Crippen LogP) is 1.23. The second-order valence-electron chi connectivity index (χ2n) is 3.93. The van der Waals surface area contributed by atoms with Gasteiger partial charge in [0.05, 0.1) is 13.2 Å². The molecule has 2 N–H and O–H groups in total. The Kier molecular flexibility index (Phi) is 8.09. The molecular weight excluding hydrogens is 190 g/mol. The van der Waals surface area contributed by atoms with Gasteiger partial charge in [0.2, 0.25) is 0 Å². The lowest BCUT2D eigenvalue weighted by atomic mass is 10.1. The monoisotopic (exact) mass is 215 g/mol. The minimum absolute atomic E-state index is 0.422. The number of hydrogen-bond acceptors (Lipinski definition) is 2. The molecule has 1 unspecified atom stereocenters. The molecule has 0 aliphatic rings. The van der Waals surface area contributed by atoms with Crippen LogP contribution in [0.2, 0.25) is 0 Å². The van der Waals surface area contributed by atoms with Gasteiger partial charge in [-0.3, -0.25) is 4.99 Å². The van der Waals surface area contributed by atoms with Gasteiger partial charge in [-0.1, -0.05) is 13.8 Å². The first kappa shape index (κ1) is 14.2. The SMILES string of the molecule is CCNC(=NCCOC)NC(C)C(C)C. The van der Waals surface area contributed by atoms with Crippen molar-refractivity contribution >= 4 is 5.96 Å². The van der Waals surface area contributed by atoms with Gasteiger partial charge < -0.3 is 15.4 Å². The molecule has 0 aliphatic carbocycles. The molecule has 0 spiro atoms. The lowest BCUT2D eigenvalue weighted by Gasteiger charge is -2.20. The fourth-order valence-electron chi connectivity index (χ4n) is 0.951. The molecule has 0 aromatic heterocycles. The summed E-state index contributed by atoms with van der Waals surface area (Å²) in [7, 11) is 1.69. The Labute approximate surface area is 93.5 Å². The molecule has 0 aliphatic heterocycles. The van der Waals surface area contributed by atoms with Gasteiger partial charge in [-0.15, -0.1) is 0 Å². The van der Waals surface area contributed by atoms with Crippen LogP contribution >= 0.6 is 0 Å². The lowest BCUT2D eigenvalue weighted by Crippen LogP contribution is -2.44. The van der Waals surface area contributed by atoms with Crippen LogP contribution in [-0.4, -0.2) is 38.8 Å². The third-order valence-corrected chi connectivity index (χ3v) is 2.27. The highest BCUT2D eigenvalue weighted by molar-refractivity contribution is 5.80. The molecule has 0 saturated carbocycles. The molecule has 0 rings (SSSR count). The van der Waals surface area contributed by atoms with Gasteiger partial charge in [0.15, 0.2) is 5.96 Å². The van der Waals surface area contributed by atoms with Crippen LogP contribution < -0.4 is 10.6 Å². The quantitative estimate of drug-likeness (QED) is 0.398. The van der Waals surface area contributed by atoms with Gasteiger partial charge in [-0.25, -0.2) is 0 Å². The molecule has 0 radical (unpaired) electrons. The Morgan fingerprint density at radius 2 is 2.00 bits per heavy atom. The fraction of sp³-hybridized carbons (Fsp3) is 0.909. The van der Waals surface area contributed by atoms with Crippen LogP contribution in [0.1, 0.15) is 27.7 Å². The zero-order chi connectivity index (χ0) is 11.7. The average Bonchev–Trinajstić information content (AvgIpc) is 2.18. The topological polar surface area (TPSA) is 45.7 Å². The van der Waals surface area contributed by atoms with Gasteiger partial charge in [0, 0.05) is 19.7 Å². The maximum absolute atomic E-state index is 4.96. The number of nitrogens with one attached hydrogen (secondary N) is 2. The average molecular weight is 215 g/mol. The first-order valence-corrected chi connectivity index (χ1v) is 5.65. The summed E-state index contributed by atoms with van der Waals surface area (Å²) in [6.07, 6.45) is 0. The van der Waals surface area contributed by atoms with E-state index in [2.05, 4.69) is 43.3 Å². The number of rotatable bonds is 6. The summed E-state index contributed by atoms with van der Waals surface area (Å²) in [6.45, 7) is 10.8. The van der Waals surface area contributed by atoms with Gasteiger partial charge >= 0.3 is 0 Å². The molecule has 0 heterocycles. The first-order valence-electron chi connectivity index (χ1n) is 5.65. The molecule has 4 heteroatoms. The van der Waals surface area contributed by atoms with Crippen molar-refractivity contribution in [3.05, 3.63) is 0 Å².